The van der Waals surface area contributed by atoms with Crippen molar-refractivity contribution in [2.45, 2.75) is 45.1 Å². The lowest BCUT2D eigenvalue weighted by molar-refractivity contribution is -0.153. The lowest BCUT2D eigenvalue weighted by atomic mass is 9.66. The summed E-state index contributed by atoms with van der Waals surface area (Å²) in [5.74, 6) is -4.50. The molecule has 5 rings (SSSR count). The molecule has 5 amide bonds. The zero-order valence-electron chi connectivity index (χ0n) is 19.9. The highest BCUT2D eigenvalue weighted by Gasteiger charge is 2.63. The first-order valence-corrected chi connectivity index (χ1v) is 12.4. The first kappa shape index (κ1) is 24.8. The van der Waals surface area contributed by atoms with E-state index in [1.165, 1.54) is 22.3 Å². The summed E-state index contributed by atoms with van der Waals surface area (Å²) in [4.78, 5) is 53.3. The minimum Gasteiger partial charge on any atom is -0.504 e. The quantitative estimate of drug-likeness (QED) is 0.293. The number of halogens is 1. The van der Waals surface area contributed by atoms with Gasteiger partial charge in [-0.05, 0) is 36.9 Å². The van der Waals surface area contributed by atoms with Crippen molar-refractivity contribution in [2.75, 3.05) is 11.4 Å². The van der Waals surface area contributed by atoms with Gasteiger partial charge in [0.05, 0.1) is 36.0 Å². The third-order valence-corrected chi connectivity index (χ3v) is 7.88. The molecule has 4 heterocycles. The maximum absolute atomic E-state index is 15.8. The second kappa shape index (κ2) is 8.92. The number of aromatic hydroxyl groups is 1. The van der Waals surface area contributed by atoms with E-state index in [-0.39, 0.29) is 36.3 Å². The minimum absolute atomic E-state index is 0.0387. The Balaban J connectivity index is 1.59. The van der Waals surface area contributed by atoms with E-state index in [0.717, 1.165) is 4.88 Å². The number of phenols is 1. The van der Waals surface area contributed by atoms with Crippen molar-refractivity contribution >= 4 is 46.5 Å². The summed E-state index contributed by atoms with van der Waals surface area (Å²) in [6.07, 6.45) is -1.47. The largest absolute Gasteiger partial charge is 0.504 e. The van der Waals surface area contributed by atoms with Crippen molar-refractivity contribution in [2.24, 2.45) is 5.41 Å². The number of carbonyl (C=O) groups is 4. The van der Waals surface area contributed by atoms with E-state index < -0.39 is 64.7 Å². The number of amides is 5. The number of nitrogens with zero attached hydrogens (tertiary/aromatic N) is 1. The van der Waals surface area contributed by atoms with Crippen LogP contribution in [0.4, 0.5) is 14.9 Å². The molecule has 0 radical (unpaired) electrons. The standard InChI is InChI=1S/C24H24FN5O6S/c1-10-9-30-17-12(7-24(19(30)11(2)36-10)21(33)28-23(35)29-22(24)34)6-14(18(31)15(17)25)16(26)20(32)27-8-13-4-3-5-37-13/h3-6,10-11,19,26,31H,7-9H2,1-2H3,(H,27,32)(H2,28,29,33,34,35)/t10-,11+,19-/m1/s1. The fourth-order valence-corrected chi connectivity index (χ4v) is 6.18. The summed E-state index contributed by atoms with van der Waals surface area (Å²) in [6.45, 7) is 3.64. The fourth-order valence-electron chi connectivity index (χ4n) is 5.53. The van der Waals surface area contributed by atoms with Crippen LogP contribution < -0.4 is 20.9 Å². The lowest BCUT2D eigenvalue weighted by Gasteiger charge is -2.55. The molecule has 1 spiro atoms. The predicted molar refractivity (Wildman–Crippen MR) is 130 cm³/mol. The molecule has 11 nitrogen and oxygen atoms in total. The van der Waals surface area contributed by atoms with Crippen molar-refractivity contribution in [1.82, 2.24) is 16.0 Å². The Morgan fingerprint density at radius 2 is 2.03 bits per heavy atom. The third kappa shape index (κ3) is 3.85. The number of urea groups is 1. The molecule has 194 valence electrons. The van der Waals surface area contributed by atoms with Crippen LogP contribution in [0.3, 0.4) is 0 Å². The van der Waals surface area contributed by atoms with Gasteiger partial charge in [0.1, 0.15) is 5.71 Å². The Hall–Kier alpha value is -3.84. The molecular formula is C24H24FN5O6S. The van der Waals surface area contributed by atoms with Crippen LogP contribution >= 0.6 is 11.3 Å². The molecule has 37 heavy (non-hydrogen) atoms. The van der Waals surface area contributed by atoms with Crippen LogP contribution in [0.5, 0.6) is 5.75 Å². The molecule has 0 aliphatic carbocycles. The van der Waals surface area contributed by atoms with Gasteiger partial charge >= 0.3 is 6.03 Å². The average Bonchev–Trinajstić information content (AvgIpc) is 3.35. The van der Waals surface area contributed by atoms with Crippen LogP contribution in [0.1, 0.15) is 29.9 Å². The summed E-state index contributed by atoms with van der Waals surface area (Å²) >= 11 is 1.41. The van der Waals surface area contributed by atoms with Gasteiger partial charge in [-0.2, -0.15) is 0 Å². The zero-order valence-corrected chi connectivity index (χ0v) is 20.7. The number of hydrogen-bond acceptors (Lipinski definition) is 9. The molecule has 2 fully saturated rings. The second-order valence-corrected chi connectivity index (χ2v) is 10.4. The number of rotatable bonds is 4. The molecule has 3 atom stereocenters. The summed E-state index contributed by atoms with van der Waals surface area (Å²) in [6, 6.07) is 2.91. The van der Waals surface area contributed by atoms with Gasteiger partial charge in [0.25, 0.3) is 5.91 Å². The molecule has 5 N–H and O–H groups in total. The van der Waals surface area contributed by atoms with Gasteiger partial charge in [0.15, 0.2) is 17.0 Å². The van der Waals surface area contributed by atoms with E-state index in [1.807, 2.05) is 11.4 Å². The number of nitrogens with one attached hydrogen (secondary N) is 4. The number of morpholine rings is 1. The summed E-state index contributed by atoms with van der Waals surface area (Å²) in [5.41, 5.74) is -2.81. The monoisotopic (exact) mass is 529 g/mol. The highest BCUT2D eigenvalue weighted by atomic mass is 32.1. The van der Waals surface area contributed by atoms with Gasteiger partial charge in [-0.15, -0.1) is 11.3 Å². The number of thiophene rings is 1. The van der Waals surface area contributed by atoms with Gasteiger partial charge in [0.2, 0.25) is 11.8 Å². The molecule has 1 aromatic carbocycles. The summed E-state index contributed by atoms with van der Waals surface area (Å²) < 4.78 is 21.7. The maximum atomic E-state index is 15.8. The van der Waals surface area contributed by atoms with Crippen molar-refractivity contribution in [3.05, 3.63) is 45.4 Å². The van der Waals surface area contributed by atoms with Crippen molar-refractivity contribution < 1.29 is 33.4 Å². The summed E-state index contributed by atoms with van der Waals surface area (Å²) in [7, 11) is 0. The van der Waals surface area contributed by atoms with E-state index in [1.54, 1.807) is 19.9 Å². The van der Waals surface area contributed by atoms with Gasteiger partial charge in [-0.3, -0.25) is 30.4 Å². The Labute approximate surface area is 214 Å². The number of anilines is 1. The van der Waals surface area contributed by atoms with E-state index in [4.69, 9.17) is 10.1 Å². The van der Waals surface area contributed by atoms with Crippen LogP contribution in [0.15, 0.2) is 23.6 Å². The number of hydrogen-bond donors (Lipinski definition) is 5. The first-order chi connectivity index (χ1) is 17.5. The van der Waals surface area contributed by atoms with Crippen molar-refractivity contribution in [1.29, 1.82) is 5.41 Å². The zero-order chi connectivity index (χ0) is 26.6. The van der Waals surface area contributed by atoms with E-state index in [0.29, 0.717) is 0 Å². The highest BCUT2D eigenvalue weighted by Crippen LogP contribution is 2.49. The van der Waals surface area contributed by atoms with E-state index in [2.05, 4.69) is 16.0 Å². The Morgan fingerprint density at radius 1 is 1.32 bits per heavy atom. The molecule has 0 bridgehead atoms. The number of phenolic OH excluding ortho intramolecular Hbond substituents is 1. The Morgan fingerprint density at radius 3 is 2.68 bits per heavy atom. The lowest BCUT2D eigenvalue weighted by Crippen LogP contribution is -2.75. The second-order valence-electron chi connectivity index (χ2n) is 9.37. The average molecular weight is 530 g/mol. The van der Waals surface area contributed by atoms with E-state index >= 15 is 4.39 Å². The summed E-state index contributed by atoms with van der Waals surface area (Å²) in [5, 5.41) is 27.7. The van der Waals surface area contributed by atoms with Crippen LogP contribution in [0, 0.1) is 16.6 Å². The van der Waals surface area contributed by atoms with Crippen LogP contribution in [0.2, 0.25) is 0 Å². The minimum atomic E-state index is -1.86. The molecule has 1 aromatic heterocycles. The van der Waals surface area contributed by atoms with Crippen molar-refractivity contribution in [3.63, 3.8) is 0 Å². The third-order valence-electron chi connectivity index (χ3n) is 7.00. The molecule has 13 heteroatoms. The van der Waals surface area contributed by atoms with Crippen LogP contribution in [0.25, 0.3) is 0 Å². The first-order valence-electron chi connectivity index (χ1n) is 11.6. The van der Waals surface area contributed by atoms with E-state index in [9.17, 15) is 24.3 Å². The normalized spacial score (nSPS) is 24.1. The fraction of sp³-hybridized carbons (Fsp3) is 0.375. The molecular weight excluding hydrogens is 505 g/mol. The number of barbiturate groups is 1. The van der Waals surface area contributed by atoms with Crippen LogP contribution in [-0.4, -0.2) is 59.4 Å². The number of imide groups is 2. The van der Waals surface area contributed by atoms with Gasteiger partial charge in [-0.1, -0.05) is 6.07 Å². The van der Waals surface area contributed by atoms with Crippen molar-refractivity contribution in [3.8, 4) is 5.75 Å². The predicted octanol–water partition coefficient (Wildman–Crippen LogP) is 1.17. The SMILES string of the molecule is C[C@@H]1CN2c3c(cc(C(=N)C(=O)NCc4cccs4)c(O)c3F)CC3(C(=O)NC(=O)NC3=O)[C@H]2[C@H](C)O1. The van der Waals surface area contributed by atoms with Crippen LogP contribution in [-0.2, 0) is 32.1 Å². The smallest absolute Gasteiger partial charge is 0.328 e. The van der Waals surface area contributed by atoms with Gasteiger partial charge in [0, 0.05) is 17.8 Å². The van der Waals surface area contributed by atoms with Gasteiger partial charge < -0.3 is 20.1 Å². The number of carbonyl (C=O) groups excluding carboxylic acids is 4. The topological polar surface area (TPSA) is 161 Å². The Kier molecular flexibility index (Phi) is 5.99. The number of ether oxygens (including phenoxy) is 1. The molecule has 2 saturated heterocycles. The molecule has 2 aromatic rings. The maximum Gasteiger partial charge on any atom is 0.328 e. The highest BCUT2D eigenvalue weighted by molar-refractivity contribution is 7.09. The molecule has 3 aliphatic rings. The number of benzene rings is 1. The van der Waals surface area contributed by atoms with Gasteiger partial charge in [-0.25, -0.2) is 9.18 Å². The number of fused-ring (bicyclic) bond motifs is 4. The Bertz CT molecular complexity index is 1330. The molecule has 3 aliphatic heterocycles. The molecule has 0 unspecified atom stereocenters. The molecule has 0 saturated carbocycles.